The van der Waals surface area contributed by atoms with Crippen molar-refractivity contribution in [2.75, 3.05) is 13.1 Å². The molecule has 0 aromatic heterocycles. The second-order valence-corrected chi connectivity index (χ2v) is 5.56. The summed E-state index contributed by atoms with van der Waals surface area (Å²) in [6.45, 7) is 3.82. The van der Waals surface area contributed by atoms with Gasteiger partial charge in [-0.2, -0.15) is 0 Å². The highest BCUT2D eigenvalue weighted by Crippen LogP contribution is 2.18. The van der Waals surface area contributed by atoms with Gasteiger partial charge in [-0.1, -0.05) is 19.3 Å². The molecular weight excluding hydrogens is 214 g/mol. The number of nitrogens with one attached hydrogen (secondary N) is 1. The van der Waals surface area contributed by atoms with Gasteiger partial charge >= 0.3 is 0 Å². The van der Waals surface area contributed by atoms with E-state index in [1.165, 1.54) is 19.3 Å². The van der Waals surface area contributed by atoms with E-state index in [9.17, 15) is 4.79 Å². The molecule has 1 heterocycles. The third kappa shape index (κ3) is 3.42. The fourth-order valence-corrected chi connectivity index (χ4v) is 2.90. The van der Waals surface area contributed by atoms with Crippen LogP contribution in [0, 0.1) is 0 Å². The predicted molar refractivity (Wildman–Crippen MR) is 68.6 cm³/mol. The minimum Gasteiger partial charge on any atom is -0.352 e. The molecule has 0 radical (unpaired) electrons. The van der Waals surface area contributed by atoms with Crippen LogP contribution >= 0.6 is 0 Å². The minimum absolute atomic E-state index is 0.0227. The average molecular weight is 239 g/mol. The molecule has 4 nitrogen and oxygen atoms in total. The molecule has 0 spiro atoms. The molecule has 2 atom stereocenters. The summed E-state index contributed by atoms with van der Waals surface area (Å²) in [5, 5.41) is 3.19. The smallest absolute Gasteiger partial charge is 0.237 e. The zero-order valence-corrected chi connectivity index (χ0v) is 10.8. The first-order valence-electron chi connectivity index (χ1n) is 6.97. The van der Waals surface area contributed by atoms with Gasteiger partial charge in [0, 0.05) is 25.2 Å². The van der Waals surface area contributed by atoms with Crippen LogP contribution in [0.3, 0.4) is 0 Å². The van der Waals surface area contributed by atoms with E-state index in [1.54, 1.807) is 0 Å². The molecule has 0 aromatic rings. The number of amides is 1. The summed E-state index contributed by atoms with van der Waals surface area (Å²) in [6, 6.07) is 0.639. The minimum atomic E-state index is -0.0227. The van der Waals surface area contributed by atoms with Crippen LogP contribution in [0.5, 0.6) is 0 Å². The lowest BCUT2D eigenvalue weighted by molar-refractivity contribution is -0.126. The first-order valence-corrected chi connectivity index (χ1v) is 6.97. The Labute approximate surface area is 104 Å². The maximum absolute atomic E-state index is 12.1. The van der Waals surface area contributed by atoms with Gasteiger partial charge in [0.2, 0.25) is 5.91 Å². The fourth-order valence-electron chi connectivity index (χ4n) is 2.90. The Kier molecular flexibility index (Phi) is 4.40. The largest absolute Gasteiger partial charge is 0.352 e. The maximum Gasteiger partial charge on any atom is 0.237 e. The molecule has 1 aliphatic carbocycles. The van der Waals surface area contributed by atoms with Crippen LogP contribution in [0.15, 0.2) is 0 Å². The van der Waals surface area contributed by atoms with E-state index in [0.29, 0.717) is 6.04 Å². The van der Waals surface area contributed by atoms with Gasteiger partial charge in [0.15, 0.2) is 0 Å². The number of hydrogen-bond donors (Lipinski definition) is 2. The van der Waals surface area contributed by atoms with Gasteiger partial charge in [-0.15, -0.1) is 0 Å². The molecule has 1 amide bonds. The first-order chi connectivity index (χ1) is 8.16. The standard InChI is InChI=1S/C13H25N3O/c1-10(16-8-7-11(14)9-16)13(17)15-12-5-3-2-4-6-12/h10-12H,2-9,14H2,1H3,(H,15,17)/t10?,11-/m0/s1. The molecular formula is C13H25N3O. The quantitative estimate of drug-likeness (QED) is 0.768. The van der Waals surface area contributed by atoms with E-state index in [1.807, 2.05) is 6.92 Å². The van der Waals surface area contributed by atoms with Crippen molar-refractivity contribution in [2.24, 2.45) is 5.73 Å². The lowest BCUT2D eigenvalue weighted by atomic mass is 9.95. The molecule has 2 rings (SSSR count). The molecule has 2 fully saturated rings. The molecule has 1 saturated carbocycles. The Balaban J connectivity index is 1.78. The van der Waals surface area contributed by atoms with E-state index in [4.69, 9.17) is 5.73 Å². The van der Waals surface area contributed by atoms with E-state index in [-0.39, 0.29) is 18.0 Å². The molecule has 1 aliphatic heterocycles. The van der Waals surface area contributed by atoms with Crippen LogP contribution in [0.4, 0.5) is 0 Å². The lowest BCUT2D eigenvalue weighted by Gasteiger charge is -2.28. The highest BCUT2D eigenvalue weighted by molar-refractivity contribution is 5.81. The third-order valence-electron chi connectivity index (χ3n) is 4.13. The van der Waals surface area contributed by atoms with E-state index >= 15 is 0 Å². The van der Waals surface area contributed by atoms with Crippen molar-refractivity contribution in [3.05, 3.63) is 0 Å². The van der Waals surface area contributed by atoms with Gasteiger partial charge in [-0.3, -0.25) is 9.69 Å². The summed E-state index contributed by atoms with van der Waals surface area (Å²) >= 11 is 0. The Bertz CT molecular complexity index is 263. The van der Waals surface area contributed by atoms with Crippen LogP contribution < -0.4 is 11.1 Å². The van der Waals surface area contributed by atoms with Gasteiger partial charge in [0.05, 0.1) is 6.04 Å². The summed E-state index contributed by atoms with van der Waals surface area (Å²) in [5.41, 5.74) is 5.87. The van der Waals surface area contributed by atoms with Crippen molar-refractivity contribution in [2.45, 2.75) is 63.6 Å². The summed E-state index contributed by atoms with van der Waals surface area (Å²) in [4.78, 5) is 14.3. The predicted octanol–water partition coefficient (Wildman–Crippen LogP) is 0.857. The van der Waals surface area contributed by atoms with Crippen molar-refractivity contribution >= 4 is 5.91 Å². The number of rotatable bonds is 3. The second-order valence-electron chi connectivity index (χ2n) is 5.56. The molecule has 98 valence electrons. The molecule has 4 heteroatoms. The third-order valence-corrected chi connectivity index (χ3v) is 4.13. The van der Waals surface area contributed by atoms with E-state index in [0.717, 1.165) is 32.4 Å². The summed E-state index contributed by atoms with van der Waals surface area (Å²) < 4.78 is 0. The summed E-state index contributed by atoms with van der Waals surface area (Å²) in [5.74, 6) is 0.186. The lowest BCUT2D eigenvalue weighted by Crippen LogP contribution is -2.48. The molecule has 1 unspecified atom stereocenters. The van der Waals surface area contributed by atoms with Gasteiger partial charge < -0.3 is 11.1 Å². The first kappa shape index (κ1) is 12.8. The molecule has 1 saturated heterocycles. The Hall–Kier alpha value is -0.610. The Morgan fingerprint density at radius 3 is 2.59 bits per heavy atom. The van der Waals surface area contributed by atoms with Crippen LogP contribution in [0.1, 0.15) is 45.4 Å². The monoisotopic (exact) mass is 239 g/mol. The maximum atomic E-state index is 12.1. The molecule has 2 aliphatic rings. The molecule has 0 aromatic carbocycles. The molecule has 3 N–H and O–H groups in total. The number of nitrogens with zero attached hydrogens (tertiary/aromatic N) is 1. The van der Waals surface area contributed by atoms with Crippen LogP contribution in [-0.4, -0.2) is 42.0 Å². The Morgan fingerprint density at radius 1 is 1.29 bits per heavy atom. The molecule has 17 heavy (non-hydrogen) atoms. The molecule has 0 bridgehead atoms. The topological polar surface area (TPSA) is 58.4 Å². The van der Waals surface area contributed by atoms with Gasteiger partial charge in [-0.25, -0.2) is 0 Å². The van der Waals surface area contributed by atoms with Crippen LogP contribution in [-0.2, 0) is 4.79 Å². The van der Waals surface area contributed by atoms with Gasteiger partial charge in [0.25, 0.3) is 0 Å². The van der Waals surface area contributed by atoms with Gasteiger partial charge in [-0.05, 0) is 26.2 Å². The van der Waals surface area contributed by atoms with Crippen molar-refractivity contribution in [1.82, 2.24) is 10.2 Å². The zero-order valence-electron chi connectivity index (χ0n) is 10.8. The number of carbonyl (C=O) groups is 1. The average Bonchev–Trinajstić information content (AvgIpc) is 2.76. The van der Waals surface area contributed by atoms with Crippen LogP contribution in [0.25, 0.3) is 0 Å². The van der Waals surface area contributed by atoms with Crippen molar-refractivity contribution < 1.29 is 4.79 Å². The highest BCUT2D eigenvalue weighted by atomic mass is 16.2. The fraction of sp³-hybridized carbons (Fsp3) is 0.923. The van der Waals surface area contributed by atoms with Crippen molar-refractivity contribution in [3.63, 3.8) is 0 Å². The number of carbonyl (C=O) groups excluding carboxylic acids is 1. The SMILES string of the molecule is CC(C(=O)NC1CCCCC1)N1CC[C@H](N)C1. The summed E-state index contributed by atoms with van der Waals surface area (Å²) in [6.07, 6.45) is 7.15. The van der Waals surface area contributed by atoms with Crippen molar-refractivity contribution in [1.29, 1.82) is 0 Å². The number of likely N-dealkylation sites (tertiary alicyclic amines) is 1. The highest BCUT2D eigenvalue weighted by Gasteiger charge is 2.28. The van der Waals surface area contributed by atoms with E-state index < -0.39 is 0 Å². The van der Waals surface area contributed by atoms with Crippen LogP contribution in [0.2, 0.25) is 0 Å². The normalized spacial score (nSPS) is 29.2. The van der Waals surface area contributed by atoms with Crippen molar-refractivity contribution in [3.8, 4) is 0 Å². The van der Waals surface area contributed by atoms with Gasteiger partial charge in [0.1, 0.15) is 0 Å². The Morgan fingerprint density at radius 2 is 2.00 bits per heavy atom. The number of hydrogen-bond acceptors (Lipinski definition) is 3. The van der Waals surface area contributed by atoms with E-state index in [2.05, 4.69) is 10.2 Å². The summed E-state index contributed by atoms with van der Waals surface area (Å²) in [7, 11) is 0. The zero-order chi connectivity index (χ0) is 12.3. The number of nitrogens with two attached hydrogens (primary N) is 1. The second kappa shape index (κ2) is 5.83.